The number of carbonyl (C=O) groups excluding carboxylic acids is 3. The number of piperidine rings is 1. The number of nitrogens with zero attached hydrogens (tertiary/aromatic N) is 1. The van der Waals surface area contributed by atoms with Crippen molar-refractivity contribution in [3.63, 3.8) is 0 Å². The SMILES string of the molecule is COc1ccccc1OCCNC(=O)COC(=O)C1CCN(C(=O)C(C)(C)C)CC1. The number of methoxy groups -OCH3 is 1. The number of rotatable bonds is 8. The predicted molar refractivity (Wildman–Crippen MR) is 111 cm³/mol. The zero-order chi connectivity index (χ0) is 22.1. The van der Waals surface area contributed by atoms with Crippen LogP contribution in [-0.2, 0) is 19.1 Å². The summed E-state index contributed by atoms with van der Waals surface area (Å²) in [6, 6.07) is 7.24. The summed E-state index contributed by atoms with van der Waals surface area (Å²) in [7, 11) is 1.56. The third kappa shape index (κ3) is 6.93. The smallest absolute Gasteiger partial charge is 0.309 e. The Balaban J connectivity index is 1.63. The molecule has 0 aliphatic carbocycles. The Morgan fingerprint density at radius 2 is 1.73 bits per heavy atom. The van der Waals surface area contributed by atoms with Crippen LogP contribution >= 0.6 is 0 Å². The highest BCUT2D eigenvalue weighted by Gasteiger charge is 2.33. The standard InChI is InChI=1S/C22H32N2O6/c1-22(2,3)21(27)24-12-9-16(10-13-24)20(26)30-15-19(25)23-11-14-29-18-8-6-5-7-17(18)28-4/h5-8,16H,9-15H2,1-4H3,(H,23,25). The normalized spacial score (nSPS) is 14.7. The molecule has 1 aliphatic heterocycles. The molecule has 1 aliphatic rings. The number of nitrogens with one attached hydrogen (secondary N) is 1. The summed E-state index contributed by atoms with van der Waals surface area (Å²) >= 11 is 0. The highest BCUT2D eigenvalue weighted by Crippen LogP contribution is 2.26. The molecule has 1 saturated heterocycles. The third-order valence-electron chi connectivity index (χ3n) is 4.85. The molecular weight excluding hydrogens is 388 g/mol. The first kappa shape index (κ1) is 23.5. The molecule has 0 unspecified atom stereocenters. The van der Waals surface area contributed by atoms with E-state index < -0.39 is 11.4 Å². The molecule has 2 amide bonds. The van der Waals surface area contributed by atoms with E-state index in [9.17, 15) is 14.4 Å². The van der Waals surface area contributed by atoms with Crippen LogP contribution in [0.3, 0.4) is 0 Å². The van der Waals surface area contributed by atoms with Crippen LogP contribution in [0.2, 0.25) is 0 Å². The van der Waals surface area contributed by atoms with Crippen molar-refractivity contribution in [2.45, 2.75) is 33.6 Å². The van der Waals surface area contributed by atoms with Gasteiger partial charge in [0.25, 0.3) is 5.91 Å². The maximum Gasteiger partial charge on any atom is 0.309 e. The molecule has 30 heavy (non-hydrogen) atoms. The summed E-state index contributed by atoms with van der Waals surface area (Å²) in [6.45, 7) is 6.93. The Labute approximate surface area is 177 Å². The molecule has 0 atom stereocenters. The van der Waals surface area contributed by atoms with Crippen LogP contribution in [0.4, 0.5) is 0 Å². The largest absolute Gasteiger partial charge is 0.493 e. The van der Waals surface area contributed by atoms with Gasteiger partial charge in [0, 0.05) is 18.5 Å². The van der Waals surface area contributed by atoms with Crippen molar-refractivity contribution in [2.75, 3.05) is 40.0 Å². The van der Waals surface area contributed by atoms with E-state index in [1.807, 2.05) is 32.9 Å². The summed E-state index contributed by atoms with van der Waals surface area (Å²) in [4.78, 5) is 38.2. The third-order valence-corrected chi connectivity index (χ3v) is 4.85. The van der Waals surface area contributed by atoms with Crippen LogP contribution in [0.5, 0.6) is 11.5 Å². The van der Waals surface area contributed by atoms with Crippen molar-refractivity contribution in [2.24, 2.45) is 11.3 Å². The molecule has 1 aromatic rings. The van der Waals surface area contributed by atoms with E-state index in [0.29, 0.717) is 37.4 Å². The second-order valence-electron chi connectivity index (χ2n) is 8.27. The number of esters is 1. The molecular formula is C22H32N2O6. The van der Waals surface area contributed by atoms with E-state index in [-0.39, 0.29) is 37.5 Å². The quantitative estimate of drug-likeness (QED) is 0.511. The van der Waals surface area contributed by atoms with Gasteiger partial charge < -0.3 is 24.4 Å². The van der Waals surface area contributed by atoms with Gasteiger partial charge >= 0.3 is 5.97 Å². The Morgan fingerprint density at radius 1 is 1.10 bits per heavy atom. The highest BCUT2D eigenvalue weighted by molar-refractivity contribution is 5.83. The van der Waals surface area contributed by atoms with Crippen LogP contribution in [0.25, 0.3) is 0 Å². The lowest BCUT2D eigenvalue weighted by molar-refractivity contribution is -0.155. The first-order valence-electron chi connectivity index (χ1n) is 10.2. The van der Waals surface area contributed by atoms with Crippen molar-refractivity contribution >= 4 is 17.8 Å². The minimum Gasteiger partial charge on any atom is -0.493 e. The molecule has 8 nitrogen and oxygen atoms in total. The van der Waals surface area contributed by atoms with Crippen molar-refractivity contribution in [3.05, 3.63) is 24.3 Å². The molecule has 1 fully saturated rings. The fraction of sp³-hybridized carbons (Fsp3) is 0.591. The van der Waals surface area contributed by atoms with Gasteiger partial charge in [-0.15, -0.1) is 0 Å². The van der Waals surface area contributed by atoms with E-state index >= 15 is 0 Å². The summed E-state index contributed by atoms with van der Waals surface area (Å²) in [6.07, 6.45) is 1.10. The molecule has 1 aromatic carbocycles. The summed E-state index contributed by atoms with van der Waals surface area (Å²) < 4.78 is 15.9. The zero-order valence-corrected chi connectivity index (χ0v) is 18.2. The second kappa shape index (κ2) is 10.8. The van der Waals surface area contributed by atoms with Crippen molar-refractivity contribution in [3.8, 4) is 11.5 Å². The molecule has 1 heterocycles. The number of ether oxygens (including phenoxy) is 3. The van der Waals surface area contributed by atoms with Crippen LogP contribution in [0, 0.1) is 11.3 Å². The van der Waals surface area contributed by atoms with Crippen LogP contribution in [0.1, 0.15) is 33.6 Å². The van der Waals surface area contributed by atoms with E-state index in [0.717, 1.165) is 0 Å². The number of likely N-dealkylation sites (tertiary alicyclic amines) is 1. The molecule has 0 spiro atoms. The Kier molecular flexibility index (Phi) is 8.50. The second-order valence-corrected chi connectivity index (χ2v) is 8.27. The van der Waals surface area contributed by atoms with Crippen molar-refractivity contribution in [1.29, 1.82) is 0 Å². The predicted octanol–water partition coefficient (Wildman–Crippen LogP) is 2.02. The van der Waals surface area contributed by atoms with E-state index in [4.69, 9.17) is 14.2 Å². The van der Waals surface area contributed by atoms with Crippen LogP contribution in [0.15, 0.2) is 24.3 Å². The number of benzene rings is 1. The Hall–Kier alpha value is -2.77. The topological polar surface area (TPSA) is 94.2 Å². The summed E-state index contributed by atoms with van der Waals surface area (Å²) in [5.74, 6) is 0.246. The van der Waals surface area contributed by atoms with Gasteiger partial charge in [0.15, 0.2) is 18.1 Å². The van der Waals surface area contributed by atoms with Gasteiger partial charge in [0.1, 0.15) is 6.61 Å². The number of para-hydroxylation sites is 2. The fourth-order valence-corrected chi connectivity index (χ4v) is 3.19. The molecule has 166 valence electrons. The number of hydrogen-bond acceptors (Lipinski definition) is 6. The number of hydrogen-bond donors (Lipinski definition) is 1. The van der Waals surface area contributed by atoms with Crippen molar-refractivity contribution in [1.82, 2.24) is 10.2 Å². The first-order chi connectivity index (χ1) is 14.2. The maximum absolute atomic E-state index is 12.3. The molecule has 1 N–H and O–H groups in total. The van der Waals surface area contributed by atoms with Gasteiger partial charge in [-0.2, -0.15) is 0 Å². The summed E-state index contributed by atoms with van der Waals surface area (Å²) in [5.41, 5.74) is -0.430. The van der Waals surface area contributed by atoms with E-state index in [2.05, 4.69) is 5.32 Å². The fourth-order valence-electron chi connectivity index (χ4n) is 3.19. The molecule has 0 saturated carbocycles. The summed E-state index contributed by atoms with van der Waals surface area (Å²) in [5, 5.41) is 2.65. The van der Waals surface area contributed by atoms with Gasteiger partial charge in [-0.25, -0.2) is 0 Å². The number of carbonyl (C=O) groups is 3. The highest BCUT2D eigenvalue weighted by atomic mass is 16.5. The van der Waals surface area contributed by atoms with Gasteiger partial charge in [-0.05, 0) is 25.0 Å². The van der Waals surface area contributed by atoms with Crippen LogP contribution in [-0.4, -0.2) is 62.6 Å². The Bertz CT molecular complexity index is 735. The molecule has 2 rings (SSSR count). The maximum atomic E-state index is 12.3. The van der Waals surface area contributed by atoms with E-state index in [1.54, 1.807) is 24.1 Å². The first-order valence-corrected chi connectivity index (χ1v) is 10.2. The Morgan fingerprint density at radius 3 is 2.33 bits per heavy atom. The molecule has 0 bridgehead atoms. The van der Waals surface area contributed by atoms with Gasteiger partial charge in [-0.1, -0.05) is 32.9 Å². The lowest BCUT2D eigenvalue weighted by Gasteiger charge is -2.34. The minimum atomic E-state index is -0.430. The lowest BCUT2D eigenvalue weighted by Crippen LogP contribution is -2.45. The van der Waals surface area contributed by atoms with Gasteiger partial charge in [-0.3, -0.25) is 14.4 Å². The molecule has 0 aromatic heterocycles. The van der Waals surface area contributed by atoms with Gasteiger partial charge in [0.2, 0.25) is 5.91 Å². The molecule has 8 heteroatoms. The monoisotopic (exact) mass is 420 g/mol. The zero-order valence-electron chi connectivity index (χ0n) is 18.2. The van der Waals surface area contributed by atoms with Crippen LogP contribution < -0.4 is 14.8 Å². The average Bonchev–Trinajstić information content (AvgIpc) is 2.74. The number of amides is 2. The average molecular weight is 421 g/mol. The van der Waals surface area contributed by atoms with E-state index in [1.165, 1.54) is 0 Å². The minimum absolute atomic E-state index is 0.0871. The van der Waals surface area contributed by atoms with Gasteiger partial charge in [0.05, 0.1) is 19.6 Å². The van der Waals surface area contributed by atoms with Crippen molar-refractivity contribution < 1.29 is 28.6 Å². The lowest BCUT2D eigenvalue weighted by atomic mass is 9.91. The molecule has 0 radical (unpaired) electrons.